The van der Waals surface area contributed by atoms with Gasteiger partial charge in [0, 0.05) is 31.2 Å². The second-order valence-corrected chi connectivity index (χ2v) is 9.87. The van der Waals surface area contributed by atoms with Gasteiger partial charge in [0.25, 0.3) is 0 Å². The van der Waals surface area contributed by atoms with Gasteiger partial charge in [-0.25, -0.2) is 14.0 Å². The lowest BCUT2D eigenvalue weighted by Crippen LogP contribution is -2.54. The van der Waals surface area contributed by atoms with Gasteiger partial charge in [-0.15, -0.1) is 0 Å². The van der Waals surface area contributed by atoms with E-state index in [-0.39, 0.29) is 49.0 Å². The molecule has 0 radical (unpaired) electrons. The molecule has 9 nitrogen and oxygen atoms in total. The summed E-state index contributed by atoms with van der Waals surface area (Å²) < 4.78 is 26.7. The van der Waals surface area contributed by atoms with Crippen LogP contribution in [0.3, 0.4) is 0 Å². The first-order valence-corrected chi connectivity index (χ1v) is 13.1. The molecule has 1 saturated heterocycles. The molecule has 202 valence electrons. The molecule has 2 aliphatic rings. The summed E-state index contributed by atoms with van der Waals surface area (Å²) in [5.41, 5.74) is 0.204. The molecule has 1 saturated carbocycles. The van der Waals surface area contributed by atoms with E-state index < -0.39 is 24.1 Å². The zero-order chi connectivity index (χ0) is 25.9. The Morgan fingerprint density at radius 3 is 2.81 bits per heavy atom. The summed E-state index contributed by atoms with van der Waals surface area (Å²) in [4.78, 5) is 25.6. The van der Waals surface area contributed by atoms with Crippen LogP contribution in [0.15, 0.2) is 18.2 Å². The van der Waals surface area contributed by atoms with Crippen molar-refractivity contribution in [2.75, 3.05) is 46.4 Å². The summed E-state index contributed by atoms with van der Waals surface area (Å²) in [6, 6.07) is 4.46. The molecule has 2 fully saturated rings. The van der Waals surface area contributed by atoms with Crippen molar-refractivity contribution in [3.63, 3.8) is 0 Å². The number of carbonyl (C=O) groups excluding carboxylic acids is 1. The molecule has 1 aliphatic carbocycles. The van der Waals surface area contributed by atoms with E-state index in [1.54, 1.807) is 17.0 Å². The highest BCUT2D eigenvalue weighted by molar-refractivity contribution is 6.30. The zero-order valence-corrected chi connectivity index (χ0v) is 21.6. The first kappa shape index (κ1) is 28.4. The van der Waals surface area contributed by atoms with Gasteiger partial charge in [0.05, 0.1) is 24.8 Å². The van der Waals surface area contributed by atoms with Crippen LogP contribution in [0.5, 0.6) is 0 Å². The largest absolute Gasteiger partial charge is 0.465 e. The van der Waals surface area contributed by atoms with Crippen LogP contribution in [0.25, 0.3) is 0 Å². The number of morpholine rings is 1. The number of benzene rings is 1. The Kier molecular flexibility index (Phi) is 11.5. The fourth-order valence-electron chi connectivity index (χ4n) is 5.06. The molecule has 0 spiro atoms. The summed E-state index contributed by atoms with van der Waals surface area (Å²) in [7, 11) is 1.88. The van der Waals surface area contributed by atoms with Crippen LogP contribution in [-0.2, 0) is 9.47 Å². The minimum atomic E-state index is -1.18. The Labute approximate surface area is 217 Å². The summed E-state index contributed by atoms with van der Waals surface area (Å²) >= 11 is 6.00. The fraction of sp³-hybridized carbons (Fsp3) is 0.680. The van der Waals surface area contributed by atoms with Gasteiger partial charge in [-0.1, -0.05) is 55.8 Å². The predicted molar refractivity (Wildman–Crippen MR) is 135 cm³/mol. The minimum absolute atomic E-state index is 0.000604. The van der Waals surface area contributed by atoms with E-state index in [0.717, 1.165) is 6.42 Å². The second-order valence-electron chi connectivity index (χ2n) is 9.47. The van der Waals surface area contributed by atoms with Gasteiger partial charge in [0.2, 0.25) is 0 Å². The molecule has 0 unspecified atom stereocenters. The van der Waals surface area contributed by atoms with Crippen molar-refractivity contribution < 1.29 is 28.6 Å². The third-order valence-electron chi connectivity index (χ3n) is 6.80. The van der Waals surface area contributed by atoms with Crippen molar-refractivity contribution in [3.8, 4) is 0 Å². The maximum Gasteiger partial charge on any atom is 0.404 e. The number of nitrogens with one attached hydrogen (secondary N) is 3. The lowest BCUT2D eigenvalue weighted by molar-refractivity contribution is -0.106. The molecule has 3 rings (SSSR count). The number of hydrogen-bond acceptors (Lipinski definition) is 5. The number of rotatable bonds is 11. The molecule has 1 aliphatic heterocycles. The fourth-order valence-corrected chi connectivity index (χ4v) is 5.24. The second kappa shape index (κ2) is 14.6. The number of carboxylic acid groups (broad SMARTS) is 1. The summed E-state index contributed by atoms with van der Waals surface area (Å²) in [6.07, 6.45) is 4.44. The molecule has 36 heavy (non-hydrogen) atoms. The predicted octanol–water partition coefficient (Wildman–Crippen LogP) is 3.77. The van der Waals surface area contributed by atoms with E-state index in [1.165, 1.54) is 38.2 Å². The number of hydrogen-bond donors (Lipinski definition) is 4. The molecule has 0 bridgehead atoms. The molecule has 1 heterocycles. The summed E-state index contributed by atoms with van der Waals surface area (Å²) in [6.45, 7) is 1.59. The van der Waals surface area contributed by atoms with E-state index in [1.807, 2.05) is 7.05 Å². The number of urea groups is 1. The quantitative estimate of drug-likeness (QED) is 0.325. The highest BCUT2D eigenvalue weighted by Gasteiger charge is 2.34. The summed E-state index contributed by atoms with van der Waals surface area (Å²) in [5, 5.41) is 17.3. The van der Waals surface area contributed by atoms with Crippen LogP contribution in [0.1, 0.15) is 50.2 Å². The van der Waals surface area contributed by atoms with Crippen LogP contribution in [-0.4, -0.2) is 80.7 Å². The van der Waals surface area contributed by atoms with Gasteiger partial charge in [-0.2, -0.15) is 0 Å². The third-order valence-corrected chi connectivity index (χ3v) is 7.09. The number of nitrogens with zero attached hydrogens (tertiary/aromatic N) is 1. The first-order chi connectivity index (χ1) is 17.4. The maximum absolute atomic E-state index is 14.9. The average Bonchev–Trinajstić information content (AvgIpc) is 2.87. The number of ether oxygens (including phenoxy) is 2. The van der Waals surface area contributed by atoms with Gasteiger partial charge < -0.3 is 35.4 Å². The lowest BCUT2D eigenvalue weighted by Gasteiger charge is -2.38. The van der Waals surface area contributed by atoms with Crippen LogP contribution in [0.2, 0.25) is 5.02 Å². The smallest absolute Gasteiger partial charge is 0.404 e. The number of carbonyl (C=O) groups is 2. The van der Waals surface area contributed by atoms with E-state index >= 15 is 0 Å². The number of halogens is 2. The van der Waals surface area contributed by atoms with Crippen molar-refractivity contribution in [2.24, 2.45) is 5.92 Å². The Bertz CT molecular complexity index is 858. The third kappa shape index (κ3) is 8.47. The van der Waals surface area contributed by atoms with Crippen molar-refractivity contribution in [1.29, 1.82) is 0 Å². The van der Waals surface area contributed by atoms with Crippen LogP contribution in [0.4, 0.5) is 14.0 Å². The highest BCUT2D eigenvalue weighted by Crippen LogP contribution is 2.31. The zero-order valence-electron chi connectivity index (χ0n) is 20.8. The van der Waals surface area contributed by atoms with Crippen molar-refractivity contribution in [1.82, 2.24) is 20.9 Å². The Balaban J connectivity index is 1.66. The van der Waals surface area contributed by atoms with Crippen molar-refractivity contribution in [3.05, 3.63) is 34.6 Å². The van der Waals surface area contributed by atoms with Gasteiger partial charge >= 0.3 is 12.1 Å². The van der Waals surface area contributed by atoms with Crippen LogP contribution < -0.4 is 16.0 Å². The van der Waals surface area contributed by atoms with E-state index in [9.17, 15) is 14.0 Å². The number of likely N-dealkylation sites (N-methyl/N-ethyl adjacent to an activating group) is 1. The Hall–Kier alpha value is -2.14. The average molecular weight is 529 g/mol. The molecular weight excluding hydrogens is 491 g/mol. The van der Waals surface area contributed by atoms with Crippen molar-refractivity contribution in [2.45, 2.75) is 56.8 Å². The van der Waals surface area contributed by atoms with Crippen LogP contribution >= 0.6 is 11.6 Å². The molecule has 3 atom stereocenters. The molecule has 1 aromatic carbocycles. The van der Waals surface area contributed by atoms with E-state index in [4.69, 9.17) is 26.2 Å². The Morgan fingerprint density at radius 2 is 2.08 bits per heavy atom. The minimum Gasteiger partial charge on any atom is -0.465 e. The highest BCUT2D eigenvalue weighted by atomic mass is 35.5. The summed E-state index contributed by atoms with van der Waals surface area (Å²) in [5.74, 6) is -0.0000594. The molecular formula is C25H38ClFN4O5. The lowest BCUT2D eigenvalue weighted by atomic mass is 9.85. The van der Waals surface area contributed by atoms with Crippen LogP contribution in [0, 0.1) is 11.7 Å². The first-order valence-electron chi connectivity index (χ1n) is 12.7. The normalized spacial score (nSPS) is 20.5. The topological polar surface area (TPSA) is 112 Å². The standard InChI is InChI=1S/C25H38ClFN4O5/c1-28-15-18(14-17-6-3-2-4-7-17)30-24(32)31-11-13-35-21(16-31)23(36-12-10-29-25(33)34)19-8-5-9-20(26)22(19)27/h5,8-9,17-18,21,23,28-29H,2-4,6-7,10-16H2,1H3,(H,30,32)(H,33,34)/t18-,21+,23-/m0/s1. The molecule has 3 amide bonds. The monoisotopic (exact) mass is 528 g/mol. The Morgan fingerprint density at radius 1 is 1.31 bits per heavy atom. The number of amides is 3. The van der Waals surface area contributed by atoms with Gasteiger partial charge in [-0.3, -0.25) is 0 Å². The SMILES string of the molecule is CNC[C@H](CC1CCCCC1)NC(=O)N1CCO[C@@H]([C@@H](OCCNC(=O)O)c2cccc(Cl)c2F)C1. The van der Waals surface area contributed by atoms with Gasteiger partial charge in [0.1, 0.15) is 18.0 Å². The molecule has 11 heteroatoms. The maximum atomic E-state index is 14.9. The molecule has 1 aromatic rings. The van der Waals surface area contributed by atoms with Crippen molar-refractivity contribution >= 4 is 23.7 Å². The molecule has 4 N–H and O–H groups in total. The van der Waals surface area contributed by atoms with E-state index in [2.05, 4.69) is 16.0 Å². The van der Waals surface area contributed by atoms with Gasteiger partial charge in [-0.05, 0) is 25.5 Å². The van der Waals surface area contributed by atoms with Gasteiger partial charge in [0.15, 0.2) is 0 Å². The molecule has 0 aromatic heterocycles. The van der Waals surface area contributed by atoms with E-state index in [0.29, 0.717) is 19.0 Å².